The Bertz CT molecular complexity index is 438. The molecule has 1 spiro atoms. The minimum absolute atomic E-state index is 0.0171. The quantitative estimate of drug-likeness (QED) is 0.762. The summed E-state index contributed by atoms with van der Waals surface area (Å²) in [6.07, 6.45) is 8.39. The number of hydrogen-bond acceptors (Lipinski definition) is 2. The van der Waals surface area contributed by atoms with Crippen molar-refractivity contribution in [2.75, 3.05) is 0 Å². The van der Waals surface area contributed by atoms with Gasteiger partial charge in [0.1, 0.15) is 11.4 Å². The van der Waals surface area contributed by atoms with Crippen molar-refractivity contribution in [3.8, 4) is 5.75 Å². The maximum absolute atomic E-state index is 6.33. The Balaban J connectivity index is 1.92. The van der Waals surface area contributed by atoms with Crippen LogP contribution in [0.5, 0.6) is 5.75 Å². The van der Waals surface area contributed by atoms with E-state index < -0.39 is 0 Å². The number of halogens is 1. The molecule has 2 aliphatic rings. The van der Waals surface area contributed by atoms with E-state index in [1.807, 2.05) is 18.2 Å². The molecule has 0 aromatic heterocycles. The summed E-state index contributed by atoms with van der Waals surface area (Å²) >= 11 is 6.03. The van der Waals surface area contributed by atoms with E-state index in [4.69, 9.17) is 22.1 Å². The summed E-state index contributed by atoms with van der Waals surface area (Å²) in [5, 5.41) is 0.740. The first-order valence-corrected chi connectivity index (χ1v) is 7.30. The monoisotopic (exact) mass is 265 g/mol. The van der Waals surface area contributed by atoms with Crippen LogP contribution in [0.15, 0.2) is 18.2 Å². The van der Waals surface area contributed by atoms with Crippen molar-refractivity contribution in [2.45, 2.75) is 56.6 Å². The van der Waals surface area contributed by atoms with Gasteiger partial charge in [-0.15, -0.1) is 0 Å². The van der Waals surface area contributed by atoms with E-state index in [1.54, 1.807) is 0 Å². The number of benzene rings is 1. The zero-order chi connectivity index (χ0) is 12.6. The van der Waals surface area contributed by atoms with E-state index in [1.165, 1.54) is 25.7 Å². The van der Waals surface area contributed by atoms with Gasteiger partial charge in [0.25, 0.3) is 0 Å². The smallest absolute Gasteiger partial charge is 0.125 e. The minimum atomic E-state index is -0.0171. The average Bonchev–Trinajstić information content (AvgIpc) is 2.56. The van der Waals surface area contributed by atoms with Crippen LogP contribution < -0.4 is 10.5 Å². The summed E-state index contributed by atoms with van der Waals surface area (Å²) in [5.74, 6) is 0.944. The lowest BCUT2D eigenvalue weighted by Crippen LogP contribution is -2.42. The third-order valence-electron chi connectivity index (χ3n) is 4.30. The van der Waals surface area contributed by atoms with Gasteiger partial charge in [-0.1, -0.05) is 24.4 Å². The largest absolute Gasteiger partial charge is 0.487 e. The van der Waals surface area contributed by atoms with E-state index in [0.717, 1.165) is 35.6 Å². The van der Waals surface area contributed by atoms with Crippen molar-refractivity contribution in [3.63, 3.8) is 0 Å². The SMILES string of the molecule is NC1CC2(CCCCCC2)Oc2ccc(Cl)cc21. The van der Waals surface area contributed by atoms with Crippen LogP contribution in [-0.2, 0) is 0 Å². The molecule has 0 amide bonds. The molecule has 1 aromatic rings. The van der Waals surface area contributed by atoms with Gasteiger partial charge in [0.05, 0.1) is 0 Å². The predicted octanol–water partition coefficient (Wildman–Crippen LogP) is 4.22. The lowest BCUT2D eigenvalue weighted by atomic mass is 9.82. The Kier molecular flexibility index (Phi) is 3.25. The molecule has 0 bridgehead atoms. The van der Waals surface area contributed by atoms with Crippen LogP contribution in [0.3, 0.4) is 0 Å². The van der Waals surface area contributed by atoms with Crippen molar-refractivity contribution >= 4 is 11.6 Å². The van der Waals surface area contributed by atoms with Crippen LogP contribution in [0.2, 0.25) is 5.02 Å². The fourth-order valence-electron chi connectivity index (χ4n) is 3.37. The lowest BCUT2D eigenvalue weighted by Gasteiger charge is -2.41. The fourth-order valence-corrected chi connectivity index (χ4v) is 3.55. The first kappa shape index (κ1) is 12.3. The Morgan fingerprint density at radius 2 is 1.89 bits per heavy atom. The molecule has 1 saturated carbocycles. The summed E-state index contributed by atoms with van der Waals surface area (Å²) in [4.78, 5) is 0. The maximum Gasteiger partial charge on any atom is 0.125 e. The highest BCUT2D eigenvalue weighted by atomic mass is 35.5. The van der Waals surface area contributed by atoms with Gasteiger partial charge in [-0.3, -0.25) is 0 Å². The summed E-state index contributed by atoms with van der Waals surface area (Å²) in [7, 11) is 0. The molecule has 1 heterocycles. The van der Waals surface area contributed by atoms with E-state index in [0.29, 0.717) is 0 Å². The summed E-state index contributed by atoms with van der Waals surface area (Å²) in [5.41, 5.74) is 7.38. The molecular weight excluding hydrogens is 246 g/mol. The van der Waals surface area contributed by atoms with Gasteiger partial charge in [0.15, 0.2) is 0 Å². The van der Waals surface area contributed by atoms with Crippen LogP contribution in [0.4, 0.5) is 0 Å². The number of hydrogen-bond donors (Lipinski definition) is 1. The Labute approximate surface area is 113 Å². The van der Waals surface area contributed by atoms with Crippen molar-refractivity contribution in [1.29, 1.82) is 0 Å². The molecule has 1 atom stereocenters. The Hall–Kier alpha value is -0.730. The molecule has 0 radical (unpaired) electrons. The molecule has 3 rings (SSSR count). The number of ether oxygens (including phenoxy) is 1. The zero-order valence-corrected chi connectivity index (χ0v) is 11.4. The first-order valence-electron chi connectivity index (χ1n) is 6.93. The molecule has 1 aliphatic heterocycles. The second-order valence-electron chi connectivity index (χ2n) is 5.69. The molecule has 2 nitrogen and oxygen atoms in total. The topological polar surface area (TPSA) is 35.2 Å². The molecule has 98 valence electrons. The van der Waals surface area contributed by atoms with Gasteiger partial charge in [-0.05, 0) is 43.9 Å². The van der Waals surface area contributed by atoms with Crippen LogP contribution in [-0.4, -0.2) is 5.60 Å². The summed E-state index contributed by atoms with van der Waals surface area (Å²) in [6, 6.07) is 5.88. The van der Waals surface area contributed by atoms with Gasteiger partial charge in [0.2, 0.25) is 0 Å². The average molecular weight is 266 g/mol. The Morgan fingerprint density at radius 3 is 2.61 bits per heavy atom. The molecular formula is C15H20ClNO. The van der Waals surface area contributed by atoms with Gasteiger partial charge in [-0.25, -0.2) is 0 Å². The van der Waals surface area contributed by atoms with E-state index in [2.05, 4.69) is 0 Å². The molecule has 1 aliphatic carbocycles. The van der Waals surface area contributed by atoms with Crippen molar-refractivity contribution < 1.29 is 4.74 Å². The molecule has 18 heavy (non-hydrogen) atoms. The summed E-state index contributed by atoms with van der Waals surface area (Å²) in [6.45, 7) is 0. The molecule has 3 heteroatoms. The molecule has 1 fully saturated rings. The van der Waals surface area contributed by atoms with Crippen LogP contribution in [0, 0.1) is 0 Å². The van der Waals surface area contributed by atoms with Crippen molar-refractivity contribution in [1.82, 2.24) is 0 Å². The van der Waals surface area contributed by atoms with Gasteiger partial charge in [0, 0.05) is 23.0 Å². The highest BCUT2D eigenvalue weighted by molar-refractivity contribution is 6.30. The van der Waals surface area contributed by atoms with Crippen LogP contribution in [0.1, 0.15) is 56.6 Å². The third kappa shape index (κ3) is 2.24. The standard InChI is InChI=1S/C15H20ClNO/c16-11-5-6-14-12(9-11)13(17)10-15(18-14)7-3-1-2-4-8-15/h5-6,9,13H,1-4,7-8,10,17H2. The van der Waals surface area contributed by atoms with Gasteiger partial charge in [-0.2, -0.15) is 0 Å². The zero-order valence-electron chi connectivity index (χ0n) is 10.6. The molecule has 1 aromatic carbocycles. The number of fused-ring (bicyclic) bond motifs is 1. The van der Waals surface area contributed by atoms with E-state index in [-0.39, 0.29) is 11.6 Å². The summed E-state index contributed by atoms with van der Waals surface area (Å²) < 4.78 is 6.33. The van der Waals surface area contributed by atoms with E-state index in [9.17, 15) is 0 Å². The molecule has 1 unspecified atom stereocenters. The fraction of sp³-hybridized carbons (Fsp3) is 0.600. The van der Waals surface area contributed by atoms with E-state index >= 15 is 0 Å². The minimum Gasteiger partial charge on any atom is -0.487 e. The van der Waals surface area contributed by atoms with Gasteiger partial charge < -0.3 is 10.5 Å². The second kappa shape index (κ2) is 4.75. The highest BCUT2D eigenvalue weighted by Crippen LogP contribution is 2.45. The molecule has 0 saturated heterocycles. The number of nitrogens with two attached hydrogens (primary N) is 1. The maximum atomic E-state index is 6.33. The van der Waals surface area contributed by atoms with Gasteiger partial charge >= 0.3 is 0 Å². The first-order chi connectivity index (χ1) is 8.69. The molecule has 2 N–H and O–H groups in total. The van der Waals surface area contributed by atoms with Crippen molar-refractivity contribution in [3.05, 3.63) is 28.8 Å². The van der Waals surface area contributed by atoms with Crippen molar-refractivity contribution in [2.24, 2.45) is 5.73 Å². The van der Waals surface area contributed by atoms with Crippen LogP contribution >= 0.6 is 11.6 Å². The second-order valence-corrected chi connectivity index (χ2v) is 6.13. The third-order valence-corrected chi connectivity index (χ3v) is 4.54. The Morgan fingerprint density at radius 1 is 1.17 bits per heavy atom. The predicted molar refractivity (Wildman–Crippen MR) is 74.1 cm³/mol. The lowest BCUT2D eigenvalue weighted by molar-refractivity contribution is 0.0213. The highest BCUT2D eigenvalue weighted by Gasteiger charge is 2.39. The number of rotatable bonds is 0. The normalized spacial score (nSPS) is 26.2. The van der Waals surface area contributed by atoms with Crippen LogP contribution in [0.25, 0.3) is 0 Å².